The highest BCUT2D eigenvalue weighted by atomic mass is 19.1. The molecule has 0 saturated carbocycles. The molecule has 5 N–H and O–H groups in total. The molecule has 0 aliphatic heterocycles. The molecule has 0 fully saturated rings. The van der Waals surface area contributed by atoms with Gasteiger partial charge in [0, 0.05) is 32.3 Å². The predicted molar refractivity (Wildman–Crippen MR) is 162 cm³/mol. The van der Waals surface area contributed by atoms with Crippen LogP contribution in [-0.2, 0) is 16.0 Å². The molecule has 0 bridgehead atoms. The molecule has 218 valence electrons. The minimum absolute atomic E-state index is 0.121. The standard InChI is InChI=1S/C21H32FN5.C9H10O2.CH2O/c1-16(2)19(15-20(23)17-7-9-18(22)10-8-17)21(24)26-11-5-6-13-27(4)14-12-25-3;10-7-9(11)6-8-4-2-1-3-5-8;1-2/h5,7-11,15-16,23,25H,6,12-14H2,1-4H3,(H2,24,26);1-5,7,9,11H,6H2;1H2/b11-5+,19-15-,23-20?;;. The van der Waals surface area contributed by atoms with Crippen molar-refractivity contribution in [2.24, 2.45) is 16.6 Å². The molecule has 9 heteroatoms. The van der Waals surface area contributed by atoms with E-state index >= 15 is 0 Å². The average molecular weight is 554 g/mol. The molecule has 0 spiro atoms. The Kier molecular flexibility index (Phi) is 20.0. The van der Waals surface area contributed by atoms with Gasteiger partial charge in [0.2, 0.25) is 0 Å². The first-order valence-corrected chi connectivity index (χ1v) is 13.0. The highest BCUT2D eigenvalue weighted by molar-refractivity contribution is 6.12. The van der Waals surface area contributed by atoms with E-state index in [0.717, 1.165) is 37.2 Å². The third-order valence-corrected chi connectivity index (χ3v) is 5.56. The van der Waals surface area contributed by atoms with E-state index in [1.807, 2.05) is 64.1 Å². The summed E-state index contributed by atoms with van der Waals surface area (Å²) >= 11 is 0. The van der Waals surface area contributed by atoms with Gasteiger partial charge >= 0.3 is 0 Å². The molecule has 40 heavy (non-hydrogen) atoms. The lowest BCUT2D eigenvalue weighted by Crippen LogP contribution is -2.27. The monoisotopic (exact) mass is 553 g/mol. The van der Waals surface area contributed by atoms with E-state index in [1.54, 1.807) is 24.4 Å². The van der Waals surface area contributed by atoms with Crippen molar-refractivity contribution in [1.82, 2.24) is 10.2 Å². The van der Waals surface area contributed by atoms with E-state index in [-0.39, 0.29) is 17.4 Å². The number of nitrogens with one attached hydrogen (secondary N) is 2. The van der Waals surface area contributed by atoms with Gasteiger partial charge in [0.05, 0.1) is 5.71 Å². The number of carbonyl (C=O) groups excluding carboxylic acids is 2. The summed E-state index contributed by atoms with van der Waals surface area (Å²) in [7, 11) is 4.03. The maximum atomic E-state index is 13.0. The fourth-order valence-electron chi connectivity index (χ4n) is 3.30. The first-order valence-electron chi connectivity index (χ1n) is 13.0. The van der Waals surface area contributed by atoms with Crippen LogP contribution < -0.4 is 11.1 Å². The molecule has 2 aromatic rings. The third kappa shape index (κ3) is 16.2. The Labute approximate surface area is 238 Å². The summed E-state index contributed by atoms with van der Waals surface area (Å²) in [5, 5.41) is 20.3. The number of aliphatic hydroxyl groups is 1. The number of carbonyl (C=O) groups is 2. The number of aliphatic imine (C=N–C) groups is 1. The van der Waals surface area contributed by atoms with E-state index in [2.05, 4.69) is 22.3 Å². The van der Waals surface area contributed by atoms with Crippen molar-refractivity contribution >= 4 is 24.6 Å². The van der Waals surface area contributed by atoms with Gasteiger partial charge in [0.25, 0.3) is 0 Å². The van der Waals surface area contributed by atoms with Crippen molar-refractivity contribution in [3.05, 3.63) is 95.5 Å². The number of allylic oxidation sites excluding steroid dienone is 1. The lowest BCUT2D eigenvalue weighted by atomic mass is 9.98. The van der Waals surface area contributed by atoms with E-state index in [9.17, 15) is 9.18 Å². The van der Waals surface area contributed by atoms with Crippen molar-refractivity contribution in [2.45, 2.75) is 32.8 Å². The van der Waals surface area contributed by atoms with E-state index in [1.165, 1.54) is 12.1 Å². The predicted octanol–water partition coefficient (Wildman–Crippen LogP) is 3.79. The van der Waals surface area contributed by atoms with Gasteiger partial charge in [-0.05, 0) is 73.5 Å². The molecule has 1 unspecified atom stereocenters. The molecule has 0 heterocycles. The zero-order valence-electron chi connectivity index (χ0n) is 24.0. The molecule has 8 nitrogen and oxygen atoms in total. The Bertz CT molecular complexity index is 1070. The van der Waals surface area contributed by atoms with Gasteiger partial charge in [-0.2, -0.15) is 0 Å². The smallest absolute Gasteiger partial charge is 0.148 e. The zero-order valence-corrected chi connectivity index (χ0v) is 24.0. The molecular weight excluding hydrogens is 509 g/mol. The number of aliphatic hydroxyl groups excluding tert-OH is 1. The molecular formula is C31H44FN5O3. The fourth-order valence-corrected chi connectivity index (χ4v) is 3.30. The quantitative estimate of drug-likeness (QED) is 0.160. The molecule has 2 rings (SSSR count). The number of amidine groups is 1. The summed E-state index contributed by atoms with van der Waals surface area (Å²) in [6.07, 6.45) is 6.40. The van der Waals surface area contributed by atoms with Gasteiger partial charge in [-0.1, -0.05) is 50.3 Å². The Hall–Kier alpha value is -3.79. The Morgan fingerprint density at radius 2 is 1.77 bits per heavy atom. The second-order valence-electron chi connectivity index (χ2n) is 9.16. The normalized spacial score (nSPS) is 12.4. The number of halogens is 1. The summed E-state index contributed by atoms with van der Waals surface area (Å²) in [4.78, 5) is 24.6. The number of hydrogen-bond donors (Lipinski definition) is 4. The van der Waals surface area contributed by atoms with Crippen LogP contribution in [0.3, 0.4) is 0 Å². The van der Waals surface area contributed by atoms with Crippen LogP contribution in [0.4, 0.5) is 4.39 Å². The van der Waals surface area contributed by atoms with Crippen LogP contribution in [0.2, 0.25) is 0 Å². The second-order valence-corrected chi connectivity index (χ2v) is 9.16. The molecule has 0 amide bonds. The molecule has 1 atom stereocenters. The Morgan fingerprint density at radius 3 is 2.33 bits per heavy atom. The number of nitrogens with two attached hydrogens (primary N) is 1. The third-order valence-electron chi connectivity index (χ3n) is 5.56. The molecule has 0 aliphatic carbocycles. The van der Waals surface area contributed by atoms with Gasteiger partial charge in [-0.15, -0.1) is 0 Å². The van der Waals surface area contributed by atoms with Crippen molar-refractivity contribution in [1.29, 1.82) is 5.41 Å². The minimum Gasteiger partial charge on any atom is -0.385 e. The van der Waals surface area contributed by atoms with Crippen molar-refractivity contribution in [3.8, 4) is 0 Å². The van der Waals surface area contributed by atoms with E-state index in [0.29, 0.717) is 24.1 Å². The molecule has 0 aliphatic rings. The summed E-state index contributed by atoms with van der Waals surface area (Å²) in [5.41, 5.74) is 8.83. The molecule has 0 radical (unpaired) electrons. The summed E-state index contributed by atoms with van der Waals surface area (Å²) < 4.78 is 13.0. The van der Waals surface area contributed by atoms with Crippen LogP contribution >= 0.6 is 0 Å². The first kappa shape index (κ1) is 36.2. The van der Waals surface area contributed by atoms with Crippen LogP contribution in [0.1, 0.15) is 31.4 Å². The Balaban J connectivity index is 0.000000968. The van der Waals surface area contributed by atoms with Crippen LogP contribution in [0.5, 0.6) is 0 Å². The minimum atomic E-state index is -0.864. The maximum absolute atomic E-state index is 13.0. The summed E-state index contributed by atoms with van der Waals surface area (Å²) in [5.74, 6) is 0.203. The average Bonchev–Trinajstić information content (AvgIpc) is 2.96. The molecule has 0 saturated heterocycles. The summed E-state index contributed by atoms with van der Waals surface area (Å²) in [6.45, 7) is 8.93. The SMILES string of the molecule is C=O.CNCCN(C)CC/C=C/N=C(N)/C(=C\C(=N)c1ccc(F)cc1)C(C)C.O=CC(O)Cc1ccccc1. The lowest BCUT2D eigenvalue weighted by Gasteiger charge is -2.14. The first-order chi connectivity index (χ1) is 19.2. The van der Waals surface area contributed by atoms with Crippen LogP contribution in [0.25, 0.3) is 0 Å². The number of aldehydes is 1. The maximum Gasteiger partial charge on any atom is 0.148 e. The van der Waals surface area contributed by atoms with Gasteiger partial charge in [-0.25, -0.2) is 9.38 Å². The number of nitrogens with zero attached hydrogens (tertiary/aromatic N) is 2. The van der Waals surface area contributed by atoms with Crippen molar-refractivity contribution < 1.29 is 19.1 Å². The number of benzene rings is 2. The fraction of sp³-hybridized carbons (Fsp3) is 0.355. The van der Waals surface area contributed by atoms with E-state index in [4.69, 9.17) is 21.0 Å². The Morgan fingerprint density at radius 1 is 1.15 bits per heavy atom. The second kappa shape index (κ2) is 22.1. The molecule has 2 aromatic carbocycles. The topological polar surface area (TPSA) is 132 Å². The van der Waals surface area contributed by atoms with Gasteiger partial charge in [0.15, 0.2) is 0 Å². The number of rotatable bonds is 14. The number of hydrogen-bond acceptors (Lipinski definition) is 7. The van der Waals surface area contributed by atoms with Crippen LogP contribution in [0, 0.1) is 17.1 Å². The van der Waals surface area contributed by atoms with Gasteiger partial charge in [0.1, 0.15) is 30.8 Å². The largest absolute Gasteiger partial charge is 0.385 e. The van der Waals surface area contributed by atoms with Gasteiger partial charge < -0.3 is 36.1 Å². The molecule has 0 aromatic heterocycles. The summed E-state index contributed by atoms with van der Waals surface area (Å²) in [6, 6.07) is 15.3. The van der Waals surface area contributed by atoms with Crippen molar-refractivity contribution in [3.63, 3.8) is 0 Å². The lowest BCUT2D eigenvalue weighted by molar-refractivity contribution is -0.114. The highest BCUT2D eigenvalue weighted by Gasteiger charge is 2.10. The highest BCUT2D eigenvalue weighted by Crippen LogP contribution is 2.13. The number of likely N-dealkylation sites (N-methyl/N-ethyl adjacent to an activating group) is 2. The van der Waals surface area contributed by atoms with E-state index < -0.39 is 6.10 Å². The van der Waals surface area contributed by atoms with Gasteiger partial charge in [-0.3, -0.25) is 0 Å². The van der Waals surface area contributed by atoms with Crippen LogP contribution in [0.15, 0.2) is 83.5 Å². The zero-order chi connectivity index (χ0) is 30.3. The van der Waals surface area contributed by atoms with Crippen molar-refractivity contribution in [2.75, 3.05) is 33.7 Å². The van der Waals surface area contributed by atoms with Crippen LogP contribution in [-0.4, -0.2) is 74.5 Å².